The zero-order valence-electron chi connectivity index (χ0n) is 8.87. The van der Waals surface area contributed by atoms with Crippen LogP contribution in [0, 0.1) is 15.9 Å². The van der Waals surface area contributed by atoms with Crippen LogP contribution in [-0.2, 0) is 20.4 Å². The van der Waals surface area contributed by atoms with Gasteiger partial charge in [-0.3, -0.25) is 14.9 Å². The number of sulfone groups is 1. The highest BCUT2D eigenvalue weighted by molar-refractivity contribution is 7.91. The Morgan fingerprint density at radius 3 is 2.50 bits per heavy atom. The molecule has 0 fully saturated rings. The molecule has 9 heteroatoms. The molecule has 0 atom stereocenters. The molecule has 0 amide bonds. The van der Waals surface area contributed by atoms with Gasteiger partial charge in [0.15, 0.2) is 9.84 Å². The Morgan fingerprint density at radius 2 is 2.00 bits per heavy atom. The van der Waals surface area contributed by atoms with Gasteiger partial charge in [0.25, 0.3) is 5.69 Å². The molecule has 1 N–H and O–H groups in total. The van der Waals surface area contributed by atoms with Crippen molar-refractivity contribution in [1.29, 1.82) is 0 Å². The third kappa shape index (κ3) is 4.09. The van der Waals surface area contributed by atoms with E-state index in [4.69, 9.17) is 5.11 Å². The summed E-state index contributed by atoms with van der Waals surface area (Å²) in [5.41, 5.74) is -0.751. The Labute approximate surface area is 101 Å². The number of carboxylic acid groups (broad SMARTS) is 1. The molecule has 0 spiro atoms. The molecule has 1 rings (SSSR count). The lowest BCUT2D eigenvalue weighted by atomic mass is 10.2. The zero-order valence-corrected chi connectivity index (χ0v) is 9.68. The summed E-state index contributed by atoms with van der Waals surface area (Å²) in [5, 5.41) is 18.8. The highest BCUT2D eigenvalue weighted by Crippen LogP contribution is 2.18. The molecule has 0 aromatic heterocycles. The summed E-state index contributed by atoms with van der Waals surface area (Å²) in [5.74, 6) is -4.37. The third-order valence-electron chi connectivity index (χ3n) is 1.88. The molecular formula is C9H8FNO6S. The first-order valence-corrected chi connectivity index (χ1v) is 6.38. The number of carbonyl (C=O) groups is 1. The standard InChI is InChI=1S/C9H8FNO6S/c10-7-1-6(2-8(3-7)11(14)15)4-18(16,17)5-9(12)13/h1-3H,4-5H2,(H,12,13). The number of halogens is 1. The lowest BCUT2D eigenvalue weighted by Crippen LogP contribution is -2.17. The number of nitrogens with zero attached hydrogens (tertiary/aromatic N) is 1. The Morgan fingerprint density at radius 1 is 1.39 bits per heavy atom. The van der Waals surface area contributed by atoms with Gasteiger partial charge < -0.3 is 5.11 Å². The minimum atomic E-state index is -3.98. The van der Waals surface area contributed by atoms with Crippen molar-refractivity contribution < 1.29 is 27.6 Å². The number of nitro groups is 1. The third-order valence-corrected chi connectivity index (χ3v) is 3.34. The maximum Gasteiger partial charge on any atom is 0.318 e. The number of carboxylic acids is 1. The van der Waals surface area contributed by atoms with E-state index in [1.807, 2.05) is 0 Å². The topological polar surface area (TPSA) is 115 Å². The molecule has 0 bridgehead atoms. The molecule has 0 saturated heterocycles. The fourth-order valence-corrected chi connectivity index (χ4v) is 2.47. The molecule has 0 radical (unpaired) electrons. The van der Waals surface area contributed by atoms with Gasteiger partial charge in [-0.25, -0.2) is 12.8 Å². The second-order valence-electron chi connectivity index (χ2n) is 3.50. The van der Waals surface area contributed by atoms with Crippen LogP contribution in [0.25, 0.3) is 0 Å². The van der Waals surface area contributed by atoms with Crippen molar-refractivity contribution in [3.63, 3.8) is 0 Å². The molecular weight excluding hydrogens is 269 g/mol. The lowest BCUT2D eigenvalue weighted by Gasteiger charge is -2.02. The Balaban J connectivity index is 3.05. The SMILES string of the molecule is O=C(O)CS(=O)(=O)Cc1cc(F)cc([N+](=O)[O-])c1. The summed E-state index contributed by atoms with van der Waals surface area (Å²) in [4.78, 5) is 19.9. The summed E-state index contributed by atoms with van der Waals surface area (Å²) >= 11 is 0. The van der Waals surface area contributed by atoms with Crippen LogP contribution >= 0.6 is 0 Å². The van der Waals surface area contributed by atoms with Crippen LogP contribution in [0.1, 0.15) is 5.56 Å². The van der Waals surface area contributed by atoms with Gasteiger partial charge in [-0.05, 0) is 11.6 Å². The maximum absolute atomic E-state index is 13.0. The predicted octanol–water partition coefficient (Wildman–Crippen LogP) is 0.733. The second-order valence-corrected chi connectivity index (χ2v) is 5.57. The minimum absolute atomic E-state index is 0.164. The Bertz CT molecular complexity index is 597. The van der Waals surface area contributed by atoms with Crippen molar-refractivity contribution in [2.24, 2.45) is 0 Å². The van der Waals surface area contributed by atoms with E-state index < -0.39 is 43.7 Å². The van der Waals surface area contributed by atoms with E-state index in [0.29, 0.717) is 6.07 Å². The molecule has 0 aliphatic heterocycles. The van der Waals surface area contributed by atoms with Crippen LogP contribution in [0.2, 0.25) is 0 Å². The molecule has 18 heavy (non-hydrogen) atoms. The highest BCUT2D eigenvalue weighted by Gasteiger charge is 2.19. The fourth-order valence-electron chi connectivity index (χ4n) is 1.32. The average Bonchev–Trinajstić information content (AvgIpc) is 2.12. The Kier molecular flexibility index (Phi) is 3.96. The molecule has 1 aromatic carbocycles. The van der Waals surface area contributed by atoms with Gasteiger partial charge in [0.1, 0.15) is 11.6 Å². The van der Waals surface area contributed by atoms with Crippen LogP contribution in [-0.4, -0.2) is 30.2 Å². The van der Waals surface area contributed by atoms with E-state index in [0.717, 1.165) is 12.1 Å². The molecule has 0 heterocycles. The van der Waals surface area contributed by atoms with Gasteiger partial charge in [-0.15, -0.1) is 0 Å². The fraction of sp³-hybridized carbons (Fsp3) is 0.222. The van der Waals surface area contributed by atoms with Crippen LogP contribution < -0.4 is 0 Å². The van der Waals surface area contributed by atoms with E-state index >= 15 is 0 Å². The van der Waals surface area contributed by atoms with E-state index in [2.05, 4.69) is 0 Å². The van der Waals surface area contributed by atoms with E-state index in [-0.39, 0.29) is 5.56 Å². The van der Waals surface area contributed by atoms with Gasteiger partial charge in [-0.1, -0.05) is 0 Å². The van der Waals surface area contributed by atoms with Gasteiger partial charge in [0.2, 0.25) is 0 Å². The smallest absolute Gasteiger partial charge is 0.318 e. The van der Waals surface area contributed by atoms with Crippen molar-refractivity contribution in [1.82, 2.24) is 0 Å². The molecule has 1 aromatic rings. The largest absolute Gasteiger partial charge is 0.480 e. The van der Waals surface area contributed by atoms with Crippen molar-refractivity contribution in [3.8, 4) is 0 Å². The first kappa shape index (κ1) is 14.0. The number of nitro benzene ring substituents is 1. The summed E-state index contributed by atoms with van der Waals surface area (Å²) in [7, 11) is -3.98. The van der Waals surface area contributed by atoms with E-state index in [9.17, 15) is 27.7 Å². The van der Waals surface area contributed by atoms with Crippen LogP contribution in [0.4, 0.5) is 10.1 Å². The normalized spacial score (nSPS) is 11.2. The molecule has 0 unspecified atom stereocenters. The monoisotopic (exact) mass is 277 g/mol. The number of rotatable bonds is 5. The molecule has 0 aliphatic carbocycles. The quantitative estimate of drug-likeness (QED) is 0.626. The summed E-state index contributed by atoms with van der Waals surface area (Å²) in [6, 6.07) is 2.35. The summed E-state index contributed by atoms with van der Waals surface area (Å²) < 4.78 is 35.7. The van der Waals surface area contributed by atoms with Crippen molar-refractivity contribution in [2.45, 2.75) is 5.75 Å². The Hall–Kier alpha value is -2.03. The minimum Gasteiger partial charge on any atom is -0.480 e. The van der Waals surface area contributed by atoms with Crippen molar-refractivity contribution >= 4 is 21.5 Å². The molecule has 7 nitrogen and oxygen atoms in total. The van der Waals surface area contributed by atoms with Crippen LogP contribution in [0.15, 0.2) is 18.2 Å². The molecule has 0 aliphatic rings. The van der Waals surface area contributed by atoms with Gasteiger partial charge >= 0.3 is 5.97 Å². The highest BCUT2D eigenvalue weighted by atomic mass is 32.2. The van der Waals surface area contributed by atoms with Gasteiger partial charge in [0, 0.05) is 6.07 Å². The molecule has 98 valence electrons. The van der Waals surface area contributed by atoms with Crippen molar-refractivity contribution in [3.05, 3.63) is 39.7 Å². The summed E-state index contributed by atoms with van der Waals surface area (Å²) in [6.45, 7) is 0. The number of aliphatic carboxylic acids is 1. The number of benzene rings is 1. The van der Waals surface area contributed by atoms with Gasteiger partial charge in [0.05, 0.1) is 16.7 Å². The lowest BCUT2D eigenvalue weighted by molar-refractivity contribution is -0.385. The maximum atomic E-state index is 13.0. The number of hydrogen-bond donors (Lipinski definition) is 1. The number of hydrogen-bond acceptors (Lipinski definition) is 5. The van der Waals surface area contributed by atoms with Gasteiger partial charge in [-0.2, -0.15) is 0 Å². The predicted molar refractivity (Wildman–Crippen MR) is 58.2 cm³/mol. The van der Waals surface area contributed by atoms with E-state index in [1.165, 1.54) is 0 Å². The van der Waals surface area contributed by atoms with E-state index in [1.54, 1.807) is 0 Å². The first-order chi connectivity index (χ1) is 8.19. The number of non-ortho nitro benzene ring substituents is 1. The van der Waals surface area contributed by atoms with Crippen LogP contribution in [0.3, 0.4) is 0 Å². The summed E-state index contributed by atoms with van der Waals surface area (Å²) in [6.07, 6.45) is 0. The first-order valence-electron chi connectivity index (χ1n) is 4.56. The van der Waals surface area contributed by atoms with Crippen LogP contribution in [0.5, 0.6) is 0 Å². The average molecular weight is 277 g/mol. The second kappa shape index (κ2) is 5.08. The van der Waals surface area contributed by atoms with Crippen molar-refractivity contribution in [2.75, 3.05) is 5.75 Å². The molecule has 0 saturated carbocycles. The zero-order chi connectivity index (χ0) is 13.9.